The molecular formula is C18H14Cl2F3N3O2S2. The fraction of sp³-hybridized carbons (Fsp3) is 0.278. The van der Waals surface area contributed by atoms with E-state index >= 15 is 0 Å². The highest BCUT2D eigenvalue weighted by molar-refractivity contribution is 7.89. The van der Waals surface area contributed by atoms with Crippen LogP contribution in [0.1, 0.15) is 5.69 Å². The molecule has 12 heteroatoms. The van der Waals surface area contributed by atoms with Gasteiger partial charge in [-0.05, 0) is 18.2 Å². The number of aromatic nitrogens is 1. The number of thiophene rings is 1. The molecule has 3 heterocycles. The van der Waals surface area contributed by atoms with Gasteiger partial charge in [0.15, 0.2) is 0 Å². The van der Waals surface area contributed by atoms with Gasteiger partial charge in [0.1, 0.15) is 14.9 Å². The molecule has 0 amide bonds. The third-order valence-electron chi connectivity index (χ3n) is 4.81. The van der Waals surface area contributed by atoms with Gasteiger partial charge in [-0.1, -0.05) is 41.4 Å². The van der Waals surface area contributed by atoms with Gasteiger partial charge in [-0.15, -0.1) is 11.3 Å². The lowest BCUT2D eigenvalue weighted by Crippen LogP contribution is -2.48. The van der Waals surface area contributed by atoms with Gasteiger partial charge in [0, 0.05) is 37.3 Å². The van der Waals surface area contributed by atoms with Gasteiger partial charge in [-0.3, -0.25) is 0 Å². The predicted octanol–water partition coefficient (Wildman–Crippen LogP) is 5.13. The fourth-order valence-electron chi connectivity index (χ4n) is 3.37. The van der Waals surface area contributed by atoms with Crippen LogP contribution in [0.15, 0.2) is 41.3 Å². The van der Waals surface area contributed by atoms with Gasteiger partial charge in [-0.25, -0.2) is 13.4 Å². The van der Waals surface area contributed by atoms with Crippen LogP contribution >= 0.6 is 34.5 Å². The van der Waals surface area contributed by atoms with Crippen LogP contribution in [0.5, 0.6) is 0 Å². The number of halogens is 5. The SMILES string of the molecule is O=S(=O)(c1cc(Cl)sc1Cl)N1CCN(c2cc(C(F)(F)F)nc3ccccc23)CC1. The maximum Gasteiger partial charge on any atom is 0.433 e. The molecule has 1 aliphatic heterocycles. The van der Waals surface area contributed by atoms with Crippen LogP contribution < -0.4 is 4.90 Å². The lowest BCUT2D eigenvalue weighted by atomic mass is 10.1. The third-order valence-corrected chi connectivity index (χ3v) is 8.46. The Labute approximate surface area is 184 Å². The van der Waals surface area contributed by atoms with E-state index in [-0.39, 0.29) is 45.3 Å². The number of hydrogen-bond acceptors (Lipinski definition) is 5. The number of pyridine rings is 1. The largest absolute Gasteiger partial charge is 0.433 e. The summed E-state index contributed by atoms with van der Waals surface area (Å²) in [5.74, 6) is 0. The fourth-order valence-corrected chi connectivity index (χ4v) is 6.91. The molecule has 1 saturated heterocycles. The number of fused-ring (bicyclic) bond motifs is 1. The number of benzene rings is 1. The molecule has 3 aromatic rings. The number of alkyl halides is 3. The Morgan fingerprint density at radius 3 is 2.30 bits per heavy atom. The highest BCUT2D eigenvalue weighted by atomic mass is 35.5. The summed E-state index contributed by atoms with van der Waals surface area (Å²) in [5, 5.41) is 0.578. The summed E-state index contributed by atoms with van der Waals surface area (Å²) in [6.07, 6.45) is -4.58. The first-order valence-electron chi connectivity index (χ1n) is 8.74. The Kier molecular flexibility index (Phi) is 5.65. The molecule has 2 aromatic heterocycles. The molecule has 0 spiro atoms. The van der Waals surface area contributed by atoms with Gasteiger partial charge in [0.25, 0.3) is 0 Å². The number of nitrogens with zero attached hydrogens (tertiary/aromatic N) is 3. The number of piperazine rings is 1. The maximum absolute atomic E-state index is 13.3. The number of rotatable bonds is 3. The number of sulfonamides is 1. The van der Waals surface area contributed by atoms with Crippen molar-refractivity contribution in [2.45, 2.75) is 11.1 Å². The van der Waals surface area contributed by atoms with Gasteiger partial charge < -0.3 is 4.90 Å². The van der Waals surface area contributed by atoms with E-state index in [1.54, 1.807) is 23.1 Å². The van der Waals surface area contributed by atoms with Crippen LogP contribution in [0.2, 0.25) is 8.67 Å². The highest BCUT2D eigenvalue weighted by Gasteiger charge is 2.35. The van der Waals surface area contributed by atoms with Crippen LogP contribution in [0.4, 0.5) is 18.9 Å². The van der Waals surface area contributed by atoms with Gasteiger partial charge in [-0.2, -0.15) is 17.5 Å². The molecule has 0 atom stereocenters. The molecular weight excluding hydrogens is 482 g/mol. The van der Waals surface area contributed by atoms with Gasteiger partial charge in [0.2, 0.25) is 10.0 Å². The molecule has 1 aromatic carbocycles. The summed E-state index contributed by atoms with van der Waals surface area (Å²) in [6, 6.07) is 8.90. The first-order valence-corrected chi connectivity index (χ1v) is 11.8. The van der Waals surface area contributed by atoms with Crippen molar-refractivity contribution in [2.75, 3.05) is 31.1 Å². The second kappa shape index (κ2) is 7.83. The van der Waals surface area contributed by atoms with Gasteiger partial charge in [0.05, 0.1) is 9.85 Å². The predicted molar refractivity (Wildman–Crippen MR) is 112 cm³/mol. The lowest BCUT2D eigenvalue weighted by Gasteiger charge is -2.36. The zero-order chi connectivity index (χ0) is 21.7. The Bertz CT molecular complexity index is 1210. The molecule has 0 saturated carbocycles. The Morgan fingerprint density at radius 2 is 1.70 bits per heavy atom. The zero-order valence-corrected chi connectivity index (χ0v) is 18.3. The van der Waals surface area contributed by atoms with E-state index in [1.807, 2.05) is 0 Å². The van der Waals surface area contributed by atoms with Crippen LogP contribution in [0.25, 0.3) is 10.9 Å². The normalized spacial score (nSPS) is 16.4. The molecule has 160 valence electrons. The molecule has 0 bridgehead atoms. The standard InChI is InChI=1S/C18H14Cl2F3N3O2S2/c19-16-10-14(17(20)29-16)30(27,28)26-7-5-25(6-8-26)13-9-15(18(21,22)23)24-12-4-2-1-3-11(12)13/h1-4,9-10H,5-8H2. The van der Waals surface area contributed by atoms with Crippen molar-refractivity contribution < 1.29 is 21.6 Å². The quantitative estimate of drug-likeness (QED) is 0.505. The minimum atomic E-state index is -4.58. The minimum Gasteiger partial charge on any atom is -0.368 e. The van der Waals surface area contributed by atoms with Crippen molar-refractivity contribution in [2.24, 2.45) is 0 Å². The summed E-state index contributed by atoms with van der Waals surface area (Å²) < 4.78 is 67.3. The van der Waals surface area contributed by atoms with Crippen molar-refractivity contribution in [1.82, 2.24) is 9.29 Å². The van der Waals surface area contributed by atoms with E-state index in [9.17, 15) is 21.6 Å². The monoisotopic (exact) mass is 495 g/mol. The molecule has 5 nitrogen and oxygen atoms in total. The van der Waals surface area contributed by atoms with Crippen molar-refractivity contribution in [3.8, 4) is 0 Å². The second-order valence-corrected chi connectivity index (χ2v) is 10.8. The van der Waals surface area contributed by atoms with Crippen LogP contribution in [0.3, 0.4) is 0 Å². The van der Waals surface area contributed by atoms with E-state index < -0.39 is 21.9 Å². The van der Waals surface area contributed by atoms with Crippen molar-refractivity contribution in [1.29, 1.82) is 0 Å². The number of anilines is 1. The molecule has 1 fully saturated rings. The first kappa shape index (κ1) is 21.6. The van der Waals surface area contributed by atoms with E-state index in [1.165, 1.54) is 16.4 Å². The van der Waals surface area contributed by atoms with Gasteiger partial charge >= 0.3 is 6.18 Å². The van der Waals surface area contributed by atoms with E-state index in [2.05, 4.69) is 4.98 Å². The average Bonchev–Trinajstić information content (AvgIpc) is 3.05. The van der Waals surface area contributed by atoms with E-state index in [0.29, 0.717) is 11.1 Å². The molecule has 30 heavy (non-hydrogen) atoms. The number of para-hydroxylation sites is 1. The topological polar surface area (TPSA) is 53.5 Å². The lowest BCUT2D eigenvalue weighted by molar-refractivity contribution is -0.140. The second-order valence-electron chi connectivity index (χ2n) is 6.62. The zero-order valence-electron chi connectivity index (χ0n) is 15.2. The Balaban J connectivity index is 1.63. The highest BCUT2D eigenvalue weighted by Crippen LogP contribution is 2.37. The van der Waals surface area contributed by atoms with E-state index in [4.69, 9.17) is 23.2 Å². The molecule has 0 unspecified atom stereocenters. The summed E-state index contributed by atoms with van der Waals surface area (Å²) in [6.45, 7) is 0.647. The third kappa shape index (κ3) is 3.99. The summed E-state index contributed by atoms with van der Waals surface area (Å²) in [4.78, 5) is 5.41. The summed E-state index contributed by atoms with van der Waals surface area (Å²) in [7, 11) is -3.84. The molecule has 0 N–H and O–H groups in total. The molecule has 0 aliphatic carbocycles. The summed E-state index contributed by atoms with van der Waals surface area (Å²) >= 11 is 12.8. The minimum absolute atomic E-state index is 0.0543. The molecule has 4 rings (SSSR count). The first-order chi connectivity index (χ1) is 14.1. The Hall–Kier alpha value is -1.59. The summed E-state index contributed by atoms with van der Waals surface area (Å²) in [5.41, 5.74) is -0.371. The number of hydrogen-bond donors (Lipinski definition) is 0. The van der Waals surface area contributed by atoms with E-state index in [0.717, 1.165) is 17.4 Å². The average molecular weight is 496 g/mol. The van der Waals surface area contributed by atoms with Crippen molar-refractivity contribution in [3.63, 3.8) is 0 Å². The maximum atomic E-state index is 13.3. The Morgan fingerprint density at radius 1 is 1.03 bits per heavy atom. The van der Waals surface area contributed by atoms with Crippen molar-refractivity contribution in [3.05, 3.63) is 50.8 Å². The van der Waals surface area contributed by atoms with Crippen LogP contribution in [-0.4, -0.2) is 43.9 Å². The van der Waals surface area contributed by atoms with Crippen LogP contribution in [-0.2, 0) is 16.2 Å². The molecule has 1 aliphatic rings. The smallest absolute Gasteiger partial charge is 0.368 e. The molecule has 0 radical (unpaired) electrons. The van der Waals surface area contributed by atoms with Crippen molar-refractivity contribution >= 4 is 61.2 Å². The van der Waals surface area contributed by atoms with Crippen LogP contribution in [0, 0.1) is 0 Å².